The average Bonchev–Trinajstić information content (AvgIpc) is 2.99. The quantitative estimate of drug-likeness (QED) is 0.282. The molecule has 0 fully saturated rings. The molecule has 7 nitrogen and oxygen atoms in total. The Morgan fingerprint density at radius 1 is 0.805 bits per heavy atom. The molecule has 0 saturated carbocycles. The van der Waals surface area contributed by atoms with Gasteiger partial charge in [0.2, 0.25) is 11.8 Å². The summed E-state index contributed by atoms with van der Waals surface area (Å²) in [6.45, 7) is 1.47. The van der Waals surface area contributed by atoms with E-state index in [4.69, 9.17) is 0 Å². The van der Waals surface area contributed by atoms with Crippen molar-refractivity contribution < 1.29 is 22.4 Å². The highest BCUT2D eigenvalue weighted by molar-refractivity contribution is 7.92. The highest BCUT2D eigenvalue weighted by Crippen LogP contribution is 2.25. The van der Waals surface area contributed by atoms with Crippen molar-refractivity contribution in [1.82, 2.24) is 10.2 Å². The molecule has 9 heteroatoms. The SMILES string of the molecule is CNC(=O)C(Cc1ccccc1)N(Cc1ccc(C)cc1)C(=O)CN(c1ccccc1)S(=O)(=O)c1ccc(F)cc1. The van der Waals surface area contributed by atoms with Gasteiger partial charge >= 0.3 is 0 Å². The van der Waals surface area contributed by atoms with Crippen molar-refractivity contribution in [3.8, 4) is 0 Å². The molecule has 212 valence electrons. The van der Waals surface area contributed by atoms with Gasteiger partial charge in [0.05, 0.1) is 10.6 Å². The summed E-state index contributed by atoms with van der Waals surface area (Å²) in [5, 5.41) is 2.66. The minimum absolute atomic E-state index is 0.0866. The van der Waals surface area contributed by atoms with E-state index in [-0.39, 0.29) is 29.5 Å². The summed E-state index contributed by atoms with van der Waals surface area (Å²) < 4.78 is 42.2. The number of hydrogen-bond donors (Lipinski definition) is 1. The Hall–Kier alpha value is -4.50. The number of benzene rings is 4. The van der Waals surface area contributed by atoms with E-state index in [9.17, 15) is 22.4 Å². The second-order valence-electron chi connectivity index (χ2n) is 9.63. The highest BCUT2D eigenvalue weighted by Gasteiger charge is 2.34. The molecule has 1 atom stereocenters. The van der Waals surface area contributed by atoms with E-state index in [0.717, 1.165) is 45.3 Å². The van der Waals surface area contributed by atoms with E-state index >= 15 is 0 Å². The third-order valence-corrected chi connectivity index (χ3v) is 8.50. The summed E-state index contributed by atoms with van der Waals surface area (Å²) in [6, 6.07) is 28.7. The summed E-state index contributed by atoms with van der Waals surface area (Å²) in [6.07, 6.45) is 0.230. The lowest BCUT2D eigenvalue weighted by Crippen LogP contribution is -2.53. The average molecular weight is 574 g/mol. The molecule has 4 aromatic carbocycles. The van der Waals surface area contributed by atoms with Crippen LogP contribution < -0.4 is 9.62 Å². The molecule has 1 N–H and O–H groups in total. The third-order valence-electron chi connectivity index (χ3n) is 6.72. The highest BCUT2D eigenvalue weighted by atomic mass is 32.2. The van der Waals surface area contributed by atoms with Gasteiger partial charge in [0.15, 0.2) is 0 Å². The minimum atomic E-state index is -4.27. The van der Waals surface area contributed by atoms with Crippen molar-refractivity contribution in [1.29, 1.82) is 0 Å². The van der Waals surface area contributed by atoms with Crippen LogP contribution in [0.25, 0.3) is 0 Å². The van der Waals surface area contributed by atoms with Crippen LogP contribution in [0.4, 0.5) is 10.1 Å². The predicted molar refractivity (Wildman–Crippen MR) is 157 cm³/mol. The third kappa shape index (κ3) is 7.37. The monoisotopic (exact) mass is 573 g/mol. The summed E-state index contributed by atoms with van der Waals surface area (Å²) >= 11 is 0. The zero-order valence-corrected chi connectivity index (χ0v) is 23.7. The Bertz CT molecular complexity index is 1560. The van der Waals surface area contributed by atoms with Crippen molar-refractivity contribution in [2.75, 3.05) is 17.9 Å². The Morgan fingerprint density at radius 3 is 1.98 bits per heavy atom. The molecule has 1 unspecified atom stereocenters. The molecule has 0 aliphatic carbocycles. The first kappa shape index (κ1) is 29.5. The largest absolute Gasteiger partial charge is 0.357 e. The topological polar surface area (TPSA) is 86.8 Å². The van der Waals surface area contributed by atoms with Crippen LogP contribution in [0.3, 0.4) is 0 Å². The lowest BCUT2D eigenvalue weighted by molar-refractivity contribution is -0.139. The molecule has 41 heavy (non-hydrogen) atoms. The Labute approximate surface area is 240 Å². The van der Waals surface area contributed by atoms with Crippen LogP contribution in [-0.4, -0.2) is 44.8 Å². The molecule has 4 rings (SSSR count). The van der Waals surface area contributed by atoms with Gasteiger partial charge in [-0.25, -0.2) is 12.8 Å². The first-order valence-corrected chi connectivity index (χ1v) is 14.6. The number of anilines is 1. The number of aryl methyl sites for hydroxylation is 1. The van der Waals surface area contributed by atoms with E-state index in [1.54, 1.807) is 30.3 Å². The molecule has 2 amide bonds. The van der Waals surface area contributed by atoms with Crippen molar-refractivity contribution in [3.05, 3.63) is 132 Å². The van der Waals surface area contributed by atoms with Gasteiger partial charge in [-0.3, -0.25) is 13.9 Å². The number of likely N-dealkylation sites (N-methyl/N-ethyl adjacent to an activating group) is 1. The second kappa shape index (κ2) is 13.2. The molecule has 0 bridgehead atoms. The zero-order chi connectivity index (χ0) is 29.4. The lowest BCUT2D eigenvalue weighted by atomic mass is 10.0. The smallest absolute Gasteiger partial charge is 0.264 e. The number of carbonyl (C=O) groups is 2. The van der Waals surface area contributed by atoms with E-state index < -0.39 is 34.3 Å². The van der Waals surface area contributed by atoms with Gasteiger partial charge in [-0.15, -0.1) is 0 Å². The summed E-state index contributed by atoms with van der Waals surface area (Å²) in [5.41, 5.74) is 2.94. The number of hydrogen-bond acceptors (Lipinski definition) is 4. The first-order valence-electron chi connectivity index (χ1n) is 13.1. The predicted octanol–water partition coefficient (Wildman–Crippen LogP) is 4.72. The van der Waals surface area contributed by atoms with E-state index in [0.29, 0.717) is 0 Å². The maximum Gasteiger partial charge on any atom is 0.264 e. The normalized spacial score (nSPS) is 11.9. The standard InChI is InChI=1S/C32H32FN3O4S/c1-24-13-15-26(16-14-24)22-35(30(32(38)34-2)21-25-9-5-3-6-10-25)31(37)23-36(28-11-7-4-8-12-28)41(39,40)29-19-17-27(33)18-20-29/h3-20,30H,21-23H2,1-2H3,(H,34,38). The number of sulfonamides is 1. The van der Waals surface area contributed by atoms with E-state index in [2.05, 4.69) is 5.32 Å². The van der Waals surface area contributed by atoms with Crippen LogP contribution in [0, 0.1) is 12.7 Å². The molecule has 0 spiro atoms. The van der Waals surface area contributed by atoms with Crippen LogP contribution in [0.15, 0.2) is 114 Å². The van der Waals surface area contributed by atoms with Gasteiger partial charge in [0, 0.05) is 20.0 Å². The number of rotatable bonds is 11. The second-order valence-corrected chi connectivity index (χ2v) is 11.5. The van der Waals surface area contributed by atoms with Crippen LogP contribution >= 0.6 is 0 Å². The Morgan fingerprint density at radius 2 is 1.39 bits per heavy atom. The van der Waals surface area contributed by atoms with Crippen LogP contribution in [-0.2, 0) is 32.6 Å². The fraction of sp³-hybridized carbons (Fsp3) is 0.188. The number of para-hydroxylation sites is 1. The number of amides is 2. The Kier molecular flexibility index (Phi) is 9.52. The van der Waals surface area contributed by atoms with Crippen LogP contribution in [0.2, 0.25) is 0 Å². The number of nitrogens with one attached hydrogen (secondary N) is 1. The molecule has 0 aliphatic rings. The Balaban J connectivity index is 1.76. The first-order chi connectivity index (χ1) is 19.7. The van der Waals surface area contributed by atoms with E-state index in [1.165, 1.54) is 11.9 Å². The van der Waals surface area contributed by atoms with Crippen LogP contribution in [0.5, 0.6) is 0 Å². The maximum absolute atomic E-state index is 14.2. The molecule has 0 saturated heterocycles. The summed E-state index contributed by atoms with van der Waals surface area (Å²) in [5.74, 6) is -1.52. The van der Waals surface area contributed by atoms with Gasteiger partial charge < -0.3 is 10.2 Å². The van der Waals surface area contributed by atoms with Gasteiger partial charge in [-0.2, -0.15) is 0 Å². The summed E-state index contributed by atoms with van der Waals surface area (Å²) in [4.78, 5) is 28.7. The lowest BCUT2D eigenvalue weighted by Gasteiger charge is -2.33. The van der Waals surface area contributed by atoms with E-state index in [1.807, 2.05) is 61.5 Å². The molecule has 0 aliphatic heterocycles. The van der Waals surface area contributed by atoms with Crippen molar-refractivity contribution >= 4 is 27.5 Å². The van der Waals surface area contributed by atoms with Gasteiger partial charge in [-0.1, -0.05) is 78.4 Å². The molecule has 0 heterocycles. The molecule has 0 radical (unpaired) electrons. The molecular formula is C32H32FN3O4S. The van der Waals surface area contributed by atoms with Crippen molar-refractivity contribution in [2.45, 2.75) is 30.8 Å². The van der Waals surface area contributed by atoms with Gasteiger partial charge in [0.25, 0.3) is 10.0 Å². The number of nitrogens with zero attached hydrogens (tertiary/aromatic N) is 2. The van der Waals surface area contributed by atoms with Gasteiger partial charge in [0.1, 0.15) is 18.4 Å². The number of halogens is 1. The molecule has 0 aromatic heterocycles. The summed E-state index contributed by atoms with van der Waals surface area (Å²) in [7, 11) is -2.77. The fourth-order valence-electron chi connectivity index (χ4n) is 4.47. The van der Waals surface area contributed by atoms with Crippen molar-refractivity contribution in [3.63, 3.8) is 0 Å². The minimum Gasteiger partial charge on any atom is -0.357 e. The molecule has 4 aromatic rings. The molecular weight excluding hydrogens is 541 g/mol. The fourth-order valence-corrected chi connectivity index (χ4v) is 5.88. The van der Waals surface area contributed by atoms with Gasteiger partial charge in [-0.05, 0) is 54.4 Å². The zero-order valence-electron chi connectivity index (χ0n) is 22.9. The maximum atomic E-state index is 14.2. The van der Waals surface area contributed by atoms with Crippen molar-refractivity contribution in [2.24, 2.45) is 0 Å². The number of carbonyl (C=O) groups excluding carboxylic acids is 2. The van der Waals surface area contributed by atoms with Crippen LogP contribution in [0.1, 0.15) is 16.7 Å².